The molecule has 0 aliphatic carbocycles. The summed E-state index contributed by atoms with van der Waals surface area (Å²) >= 11 is 0. The van der Waals surface area contributed by atoms with Crippen LogP contribution in [0.15, 0.2) is 11.6 Å². The predicted octanol–water partition coefficient (Wildman–Crippen LogP) is 3.16. The first-order valence-corrected chi connectivity index (χ1v) is 18.3. The molecule has 0 aliphatic rings. The van der Waals surface area contributed by atoms with Gasteiger partial charge in [-0.15, -0.1) is 0 Å². The van der Waals surface area contributed by atoms with Crippen molar-refractivity contribution in [2.75, 3.05) is 11.5 Å². The Morgan fingerprint density at radius 2 is 1.22 bits per heavy atom. The lowest BCUT2D eigenvalue weighted by Crippen LogP contribution is -2.37. The zero-order valence-electron chi connectivity index (χ0n) is 21.4. The largest absolute Gasteiger partial charge is 0.481 e. The van der Waals surface area contributed by atoms with Gasteiger partial charge in [-0.1, -0.05) is 25.5 Å². The summed E-state index contributed by atoms with van der Waals surface area (Å²) in [6.45, 7) is 9.71. The summed E-state index contributed by atoms with van der Waals surface area (Å²) in [5.41, 5.74) is -4.12. The van der Waals surface area contributed by atoms with Crippen LogP contribution in [0.3, 0.4) is 0 Å². The number of rotatable bonds is 16. The van der Waals surface area contributed by atoms with Crippen LogP contribution in [-0.2, 0) is 45.8 Å². The lowest BCUT2D eigenvalue weighted by atomic mass is 9.79. The molecule has 0 saturated carbocycles. The summed E-state index contributed by atoms with van der Waals surface area (Å²) in [6.07, 6.45) is 1.27. The van der Waals surface area contributed by atoms with Gasteiger partial charge in [-0.3, -0.25) is 9.05 Å². The molecule has 21 heteroatoms. The van der Waals surface area contributed by atoms with Gasteiger partial charge in [0.1, 0.15) is 0 Å². The van der Waals surface area contributed by atoms with Gasteiger partial charge < -0.3 is 29.4 Å². The smallest absolute Gasteiger partial charge is 0.302 e. The molecule has 3 atom stereocenters. The van der Waals surface area contributed by atoms with Crippen LogP contribution in [0.25, 0.3) is 0 Å². The molecule has 0 saturated heterocycles. The van der Waals surface area contributed by atoms with Crippen molar-refractivity contribution in [2.24, 2.45) is 5.41 Å². The first kappa shape index (κ1) is 37.2. The van der Waals surface area contributed by atoms with Crippen LogP contribution in [0, 0.1) is 5.41 Å². The van der Waals surface area contributed by atoms with Crippen molar-refractivity contribution in [3.63, 3.8) is 0 Å². The number of phosphoric acid groups is 4. The first-order valence-electron chi connectivity index (χ1n) is 10.4. The fraction of sp³-hybridized carbons (Fsp3) is 0.875. The Kier molecular flexibility index (Phi) is 12.5. The highest BCUT2D eigenvalue weighted by Crippen LogP contribution is 2.61. The van der Waals surface area contributed by atoms with E-state index in [2.05, 4.69) is 8.62 Å². The Hall–Kier alpha value is 0.210. The van der Waals surface area contributed by atoms with Crippen molar-refractivity contribution in [1.82, 2.24) is 0 Å². The zero-order chi connectivity index (χ0) is 29.9. The molecule has 0 aliphatic heterocycles. The first-order chi connectivity index (χ1) is 15.9. The lowest BCUT2D eigenvalue weighted by molar-refractivity contribution is 0.0267. The molecule has 0 amide bonds. The summed E-state index contributed by atoms with van der Waals surface area (Å²) < 4.78 is 88.6. The maximum absolute atomic E-state index is 12.9. The van der Waals surface area contributed by atoms with Gasteiger partial charge in [-0.05, 0) is 52.9 Å². The number of phosphoric ester groups is 2. The normalized spacial score (nSPS) is 19.6. The molecule has 3 unspecified atom stereocenters. The molecule has 0 aromatic carbocycles. The molecule has 0 bridgehead atoms. The highest BCUT2D eigenvalue weighted by molar-refractivity contribution is 7.91. The Bertz CT molecular complexity index is 1130. The average Bonchev–Trinajstić information content (AvgIpc) is 2.43. The van der Waals surface area contributed by atoms with E-state index in [1.807, 2.05) is 0 Å². The Balaban J connectivity index is 5.61. The molecule has 37 heavy (non-hydrogen) atoms. The molecule has 6 N–H and O–H groups in total. The fourth-order valence-corrected chi connectivity index (χ4v) is 9.84. The molecule has 0 fully saturated rings. The number of hydrogen-bond acceptors (Lipinski definition) is 10. The van der Waals surface area contributed by atoms with E-state index in [1.54, 1.807) is 13.8 Å². The zero-order valence-corrected chi connectivity index (χ0v) is 25.8. The van der Waals surface area contributed by atoms with E-state index < -0.39 is 69.3 Å². The molecular weight excluding hydrogens is 604 g/mol. The molecule has 0 heterocycles. The van der Waals surface area contributed by atoms with Crippen molar-refractivity contribution < 1.29 is 73.7 Å². The van der Waals surface area contributed by atoms with Crippen LogP contribution in [0.1, 0.15) is 61.3 Å². The lowest BCUT2D eigenvalue weighted by Gasteiger charge is -2.37. The quantitative estimate of drug-likeness (QED) is 0.104. The fourth-order valence-electron chi connectivity index (χ4n) is 3.84. The van der Waals surface area contributed by atoms with Crippen molar-refractivity contribution in [3.05, 3.63) is 11.6 Å². The Labute approximate surface area is 216 Å². The van der Waals surface area contributed by atoms with E-state index in [1.165, 1.54) is 34.6 Å². The third-order valence-electron chi connectivity index (χ3n) is 4.45. The van der Waals surface area contributed by atoms with E-state index in [9.17, 15) is 36.5 Å². The summed E-state index contributed by atoms with van der Waals surface area (Å²) in [5, 5.41) is 0. The summed E-state index contributed by atoms with van der Waals surface area (Å²) in [7, 11) is -25.0. The van der Waals surface area contributed by atoms with E-state index in [0.29, 0.717) is 0 Å². The molecule has 0 aromatic heterocycles. The molecule has 16 nitrogen and oxygen atoms in total. The minimum atomic E-state index is -5.35. The van der Waals surface area contributed by atoms with Crippen LogP contribution < -0.4 is 0 Å². The second kappa shape index (κ2) is 12.4. The van der Waals surface area contributed by atoms with E-state index in [4.69, 9.17) is 28.6 Å². The number of hydrogen-bond donors (Lipinski definition) is 6. The van der Waals surface area contributed by atoms with Crippen molar-refractivity contribution in [3.8, 4) is 0 Å². The van der Waals surface area contributed by atoms with Gasteiger partial charge in [0.15, 0.2) is 9.84 Å². The second-order valence-corrected chi connectivity index (χ2v) is 17.6. The van der Waals surface area contributed by atoms with Crippen LogP contribution in [0.2, 0.25) is 0 Å². The highest BCUT2D eigenvalue weighted by Gasteiger charge is 2.43. The van der Waals surface area contributed by atoms with Gasteiger partial charge in [0.25, 0.3) is 0 Å². The second-order valence-electron chi connectivity index (χ2n) is 9.99. The third-order valence-corrected chi connectivity index (χ3v) is 11.3. The minimum Gasteiger partial charge on any atom is -0.302 e. The monoisotopic (exact) mass is 640 g/mol. The molecule has 0 radical (unpaired) electrons. The summed E-state index contributed by atoms with van der Waals surface area (Å²) in [5.74, 6) is -1.00. The predicted molar refractivity (Wildman–Crippen MR) is 132 cm³/mol. The van der Waals surface area contributed by atoms with Crippen LogP contribution in [0.5, 0.6) is 0 Å². The highest BCUT2D eigenvalue weighted by atomic mass is 32.2. The summed E-state index contributed by atoms with van der Waals surface area (Å²) in [6, 6.07) is 0. The van der Waals surface area contributed by atoms with Crippen LogP contribution in [0.4, 0.5) is 0 Å². The molecule has 0 spiro atoms. The van der Waals surface area contributed by atoms with Crippen LogP contribution >= 0.6 is 31.3 Å². The SMILES string of the molecule is CCC(C)(CC(C)(C)OP(=O)(O)OP(=O)(O)O)CS(=O)(=O)C/C(C)=C/C(C)(C)OP(=O)(O)OP(=O)(O)O. The van der Waals surface area contributed by atoms with Gasteiger partial charge in [-0.25, -0.2) is 26.7 Å². The molecular formula is C16H36O16P4S. The Morgan fingerprint density at radius 1 is 0.811 bits per heavy atom. The van der Waals surface area contributed by atoms with Gasteiger partial charge in [0.2, 0.25) is 0 Å². The average molecular weight is 640 g/mol. The van der Waals surface area contributed by atoms with Crippen molar-refractivity contribution in [2.45, 2.75) is 72.5 Å². The van der Waals surface area contributed by atoms with Gasteiger partial charge >= 0.3 is 31.3 Å². The standard InChI is InChI=1S/C16H36O16P4S/c1-8-16(7,11-15(5,6)30-36(25,26)32-34(20,21)22)12-37(27,28)10-13(2)9-14(3,4)29-35(23,24)31-33(17,18)19/h9H,8,10-12H2,1-7H3,(H,23,24)(H,25,26)(H2,17,18,19)(H2,20,21,22)/b13-9+. The minimum absolute atomic E-state index is 0.143. The van der Waals surface area contributed by atoms with Gasteiger partial charge in [0, 0.05) is 0 Å². The number of sulfone groups is 1. The topological polar surface area (TPSA) is 261 Å². The van der Waals surface area contributed by atoms with E-state index in [0.717, 1.165) is 6.08 Å². The van der Waals surface area contributed by atoms with E-state index >= 15 is 0 Å². The molecule has 0 aromatic rings. The molecule has 0 rings (SSSR count). The van der Waals surface area contributed by atoms with Crippen LogP contribution in [-0.4, -0.2) is 60.5 Å². The van der Waals surface area contributed by atoms with E-state index in [-0.39, 0.29) is 18.4 Å². The Morgan fingerprint density at radius 3 is 1.59 bits per heavy atom. The maximum atomic E-state index is 12.9. The third kappa shape index (κ3) is 17.5. The maximum Gasteiger partial charge on any atom is 0.481 e. The summed E-state index contributed by atoms with van der Waals surface area (Å²) in [4.78, 5) is 54.1. The van der Waals surface area contributed by atoms with Gasteiger partial charge in [0.05, 0.1) is 22.7 Å². The van der Waals surface area contributed by atoms with Crippen molar-refractivity contribution >= 4 is 41.1 Å². The van der Waals surface area contributed by atoms with Gasteiger partial charge in [-0.2, -0.15) is 8.62 Å². The molecule has 222 valence electrons. The van der Waals surface area contributed by atoms with Crippen molar-refractivity contribution in [1.29, 1.82) is 0 Å².